The molecule has 2 heteroatoms. The van der Waals surface area contributed by atoms with E-state index in [0.29, 0.717) is 5.92 Å². The number of aliphatic imine (C=N–C) groups is 1. The third-order valence-electron chi connectivity index (χ3n) is 2.65. The van der Waals surface area contributed by atoms with Crippen molar-refractivity contribution in [3.8, 4) is 0 Å². The van der Waals surface area contributed by atoms with Gasteiger partial charge in [-0.1, -0.05) is 26.8 Å². The minimum Gasteiger partial charge on any atom is -0.397 e. The van der Waals surface area contributed by atoms with E-state index in [0.717, 1.165) is 24.2 Å². The highest BCUT2D eigenvalue weighted by molar-refractivity contribution is 5.62. The Hall–Kier alpha value is -1.05. The number of hydrogen-bond donors (Lipinski definition) is 1. The summed E-state index contributed by atoms with van der Waals surface area (Å²) in [7, 11) is 0. The molecule has 0 heterocycles. The molecule has 0 radical (unpaired) electrons. The van der Waals surface area contributed by atoms with Crippen LogP contribution in [0.4, 0.5) is 0 Å². The number of nitrogens with two attached hydrogens (primary N) is 1. The highest BCUT2D eigenvalue weighted by Crippen LogP contribution is 2.13. The maximum atomic E-state index is 6.01. The minimum atomic E-state index is 0.509. The largest absolute Gasteiger partial charge is 0.397 e. The third-order valence-corrected chi connectivity index (χ3v) is 2.65. The highest BCUT2D eigenvalue weighted by Gasteiger charge is 2.01. The zero-order chi connectivity index (χ0) is 11.8. The lowest BCUT2D eigenvalue weighted by atomic mass is 10.1. The first-order valence-corrected chi connectivity index (χ1v) is 5.72. The molecule has 0 aliphatic rings. The molecule has 0 aliphatic heterocycles. The summed E-state index contributed by atoms with van der Waals surface area (Å²) in [4.78, 5) is 4.44. The lowest BCUT2D eigenvalue weighted by Gasteiger charge is -2.07. The Morgan fingerprint density at radius 2 is 2.00 bits per heavy atom. The molecule has 0 amide bonds. The maximum Gasteiger partial charge on any atom is 0.0811 e. The molecule has 0 rings (SSSR count). The van der Waals surface area contributed by atoms with Crippen LogP contribution in [0, 0.1) is 5.92 Å². The summed E-state index contributed by atoms with van der Waals surface area (Å²) in [6.07, 6.45) is 6.03. The van der Waals surface area contributed by atoms with Gasteiger partial charge in [-0.15, -0.1) is 0 Å². The molecule has 0 saturated heterocycles. The molecule has 0 aromatic carbocycles. The number of allylic oxidation sites excluding steroid dienone is 2. The van der Waals surface area contributed by atoms with E-state index >= 15 is 0 Å². The predicted molar refractivity (Wildman–Crippen MR) is 68.9 cm³/mol. The molecule has 2 N–H and O–H groups in total. The first-order chi connectivity index (χ1) is 7.06. The van der Waals surface area contributed by atoms with Crippen LogP contribution in [0.1, 0.15) is 47.5 Å². The summed E-state index contributed by atoms with van der Waals surface area (Å²) < 4.78 is 0. The van der Waals surface area contributed by atoms with Gasteiger partial charge in [0, 0.05) is 6.21 Å². The molecule has 86 valence electrons. The predicted octanol–water partition coefficient (Wildman–Crippen LogP) is 3.65. The van der Waals surface area contributed by atoms with Crippen molar-refractivity contribution >= 4 is 6.21 Å². The molecule has 1 unspecified atom stereocenters. The van der Waals surface area contributed by atoms with Crippen LogP contribution < -0.4 is 5.73 Å². The second-order valence-corrected chi connectivity index (χ2v) is 3.89. The van der Waals surface area contributed by atoms with Crippen molar-refractivity contribution in [2.24, 2.45) is 16.6 Å². The van der Waals surface area contributed by atoms with Crippen molar-refractivity contribution in [2.45, 2.75) is 47.5 Å². The van der Waals surface area contributed by atoms with Crippen LogP contribution in [-0.2, 0) is 0 Å². The van der Waals surface area contributed by atoms with E-state index in [-0.39, 0.29) is 0 Å². The summed E-state index contributed by atoms with van der Waals surface area (Å²) >= 11 is 0. The molecule has 0 saturated carbocycles. The van der Waals surface area contributed by atoms with Gasteiger partial charge in [-0.3, -0.25) is 4.99 Å². The Bertz CT molecular complexity index is 272. The van der Waals surface area contributed by atoms with Crippen molar-refractivity contribution in [1.29, 1.82) is 0 Å². The first kappa shape index (κ1) is 13.9. The normalized spacial score (nSPS) is 16.7. The molecule has 0 fully saturated rings. The van der Waals surface area contributed by atoms with Gasteiger partial charge in [0.05, 0.1) is 11.4 Å². The smallest absolute Gasteiger partial charge is 0.0811 e. The Morgan fingerprint density at radius 3 is 2.40 bits per heavy atom. The zero-order valence-corrected chi connectivity index (χ0v) is 10.7. The third kappa shape index (κ3) is 4.82. The number of rotatable bonds is 5. The van der Waals surface area contributed by atoms with E-state index in [1.54, 1.807) is 0 Å². The summed E-state index contributed by atoms with van der Waals surface area (Å²) in [6, 6.07) is 0. The van der Waals surface area contributed by atoms with E-state index in [1.165, 1.54) is 5.57 Å². The fraction of sp³-hybridized carbons (Fsp3) is 0.615. The van der Waals surface area contributed by atoms with E-state index in [4.69, 9.17) is 5.73 Å². The standard InChI is InChI=1S/C13H24N2/c1-6-10(4)9-15-12(8-3)13(14)11(5)7-2/h8-10H,6-7,14H2,1-5H3/b12-8-,13-11-,15-9-. The molecule has 2 nitrogen and oxygen atoms in total. The molecule has 1 atom stereocenters. The Morgan fingerprint density at radius 1 is 1.40 bits per heavy atom. The Kier molecular flexibility index (Phi) is 6.76. The van der Waals surface area contributed by atoms with Gasteiger partial charge in [-0.25, -0.2) is 0 Å². The molecular weight excluding hydrogens is 184 g/mol. The number of nitrogens with zero attached hydrogens (tertiary/aromatic N) is 1. The quantitative estimate of drug-likeness (QED) is 0.543. The monoisotopic (exact) mass is 208 g/mol. The van der Waals surface area contributed by atoms with E-state index in [1.807, 2.05) is 19.2 Å². The molecule has 0 bridgehead atoms. The summed E-state index contributed by atoms with van der Waals surface area (Å²) in [5.74, 6) is 0.509. The fourth-order valence-electron chi connectivity index (χ4n) is 1.02. The zero-order valence-electron chi connectivity index (χ0n) is 10.7. The van der Waals surface area contributed by atoms with Crippen molar-refractivity contribution in [1.82, 2.24) is 0 Å². The summed E-state index contributed by atoms with van der Waals surface area (Å²) in [5, 5.41) is 0. The van der Waals surface area contributed by atoms with Crippen molar-refractivity contribution in [3.63, 3.8) is 0 Å². The average molecular weight is 208 g/mol. The van der Waals surface area contributed by atoms with Crippen LogP contribution in [0.5, 0.6) is 0 Å². The second kappa shape index (κ2) is 7.27. The Balaban J connectivity index is 4.75. The molecule has 0 spiro atoms. The molecule has 0 aromatic rings. The van der Waals surface area contributed by atoms with Crippen LogP contribution in [0.15, 0.2) is 28.0 Å². The van der Waals surface area contributed by atoms with Crippen LogP contribution >= 0.6 is 0 Å². The van der Waals surface area contributed by atoms with E-state index in [9.17, 15) is 0 Å². The SMILES string of the molecule is C/C=C(\N=C/C(C)CC)C(/N)=C(\C)CC. The van der Waals surface area contributed by atoms with Crippen LogP contribution in [0.3, 0.4) is 0 Å². The van der Waals surface area contributed by atoms with Crippen LogP contribution in [0.2, 0.25) is 0 Å². The van der Waals surface area contributed by atoms with Crippen molar-refractivity contribution < 1.29 is 0 Å². The van der Waals surface area contributed by atoms with Gasteiger partial charge in [0.2, 0.25) is 0 Å². The van der Waals surface area contributed by atoms with Gasteiger partial charge in [0.1, 0.15) is 0 Å². The minimum absolute atomic E-state index is 0.509. The summed E-state index contributed by atoms with van der Waals surface area (Å²) in [5.41, 5.74) is 8.92. The topological polar surface area (TPSA) is 38.4 Å². The average Bonchev–Trinajstić information content (AvgIpc) is 2.27. The Labute approximate surface area is 94.0 Å². The van der Waals surface area contributed by atoms with E-state index in [2.05, 4.69) is 32.7 Å². The highest BCUT2D eigenvalue weighted by atomic mass is 14.8. The maximum absolute atomic E-state index is 6.01. The van der Waals surface area contributed by atoms with Crippen molar-refractivity contribution in [2.75, 3.05) is 0 Å². The van der Waals surface area contributed by atoms with Gasteiger partial charge in [0.25, 0.3) is 0 Å². The second-order valence-electron chi connectivity index (χ2n) is 3.89. The lowest BCUT2D eigenvalue weighted by Crippen LogP contribution is -2.04. The molecular formula is C13H24N2. The first-order valence-electron chi connectivity index (χ1n) is 5.72. The lowest BCUT2D eigenvalue weighted by molar-refractivity contribution is 0.753. The van der Waals surface area contributed by atoms with Gasteiger partial charge in [0.15, 0.2) is 0 Å². The number of hydrogen-bond acceptors (Lipinski definition) is 2. The van der Waals surface area contributed by atoms with Gasteiger partial charge < -0.3 is 5.73 Å². The van der Waals surface area contributed by atoms with Crippen LogP contribution in [-0.4, -0.2) is 6.21 Å². The summed E-state index contributed by atoms with van der Waals surface area (Å²) in [6.45, 7) is 10.4. The van der Waals surface area contributed by atoms with Crippen LogP contribution in [0.25, 0.3) is 0 Å². The van der Waals surface area contributed by atoms with E-state index < -0.39 is 0 Å². The van der Waals surface area contributed by atoms with Gasteiger partial charge in [-0.2, -0.15) is 0 Å². The molecule has 0 aliphatic carbocycles. The van der Waals surface area contributed by atoms with Gasteiger partial charge in [-0.05, 0) is 38.2 Å². The van der Waals surface area contributed by atoms with Crippen molar-refractivity contribution in [3.05, 3.63) is 23.0 Å². The molecule has 15 heavy (non-hydrogen) atoms. The molecule has 0 aromatic heterocycles. The van der Waals surface area contributed by atoms with Gasteiger partial charge >= 0.3 is 0 Å². The fourth-order valence-corrected chi connectivity index (χ4v) is 1.02.